The molecule has 0 radical (unpaired) electrons. The third kappa shape index (κ3) is 3.66. The number of amides is 1. The Morgan fingerprint density at radius 1 is 1.36 bits per heavy atom. The molecule has 22 heavy (non-hydrogen) atoms. The molecule has 1 saturated carbocycles. The number of carbonyl (C=O) groups is 1. The molecule has 1 aromatic heterocycles. The largest absolute Gasteiger partial charge is 0.445 e. The normalized spacial score (nSPS) is 20.3. The lowest BCUT2D eigenvalue weighted by atomic mass is 9.82. The molecule has 1 amide bonds. The Kier molecular flexibility index (Phi) is 4.75. The summed E-state index contributed by atoms with van der Waals surface area (Å²) in [5.74, 6) is 0.745. The number of benzene rings is 1. The van der Waals surface area contributed by atoms with E-state index in [0.717, 1.165) is 23.1 Å². The first-order valence-corrected chi connectivity index (χ1v) is 8.48. The number of carbonyl (C=O) groups excluding carboxylic acids is 1. The molecular formula is C15H15BrN2O3S. The Morgan fingerprint density at radius 3 is 2.77 bits per heavy atom. The van der Waals surface area contributed by atoms with Crippen molar-refractivity contribution in [2.24, 2.45) is 5.92 Å². The zero-order valence-corrected chi connectivity index (χ0v) is 14.3. The van der Waals surface area contributed by atoms with Gasteiger partial charge in [-0.05, 0) is 37.1 Å². The van der Waals surface area contributed by atoms with E-state index >= 15 is 0 Å². The van der Waals surface area contributed by atoms with E-state index in [9.17, 15) is 4.79 Å². The molecule has 1 N–H and O–H groups in total. The van der Waals surface area contributed by atoms with Gasteiger partial charge in [-0.1, -0.05) is 27.3 Å². The van der Waals surface area contributed by atoms with Gasteiger partial charge in [0.15, 0.2) is 5.13 Å². The van der Waals surface area contributed by atoms with Crippen molar-refractivity contribution in [3.05, 3.63) is 34.9 Å². The Balaban J connectivity index is 1.55. The van der Waals surface area contributed by atoms with Crippen molar-refractivity contribution in [1.82, 2.24) is 4.98 Å². The second-order valence-corrected chi connectivity index (χ2v) is 6.96. The molecule has 7 heteroatoms. The maximum absolute atomic E-state index is 12.0. The number of ether oxygens (including phenoxy) is 2. The van der Waals surface area contributed by atoms with Crippen molar-refractivity contribution in [2.45, 2.75) is 18.9 Å². The standard InChI is InChI=1S/C15H15BrN2O3S/c1-20-12-6-9(7-12)14(19)18-15-17-8-13(22-15)21-11-4-2-10(16)3-5-11/h2-5,8-9,12H,6-7H2,1H3,(H,17,18,19). The molecule has 0 atom stereocenters. The molecule has 0 saturated heterocycles. The fraction of sp³-hybridized carbons (Fsp3) is 0.333. The average molecular weight is 383 g/mol. The average Bonchev–Trinajstić information content (AvgIpc) is 2.87. The number of nitrogens with zero attached hydrogens (tertiary/aromatic N) is 1. The summed E-state index contributed by atoms with van der Waals surface area (Å²) >= 11 is 4.69. The molecule has 1 fully saturated rings. The lowest BCUT2D eigenvalue weighted by Crippen LogP contribution is -2.38. The highest BCUT2D eigenvalue weighted by Gasteiger charge is 2.34. The smallest absolute Gasteiger partial charge is 0.229 e. The molecule has 0 spiro atoms. The van der Waals surface area contributed by atoms with Gasteiger partial charge < -0.3 is 14.8 Å². The maximum atomic E-state index is 12.0. The van der Waals surface area contributed by atoms with Crippen LogP contribution in [0.2, 0.25) is 0 Å². The van der Waals surface area contributed by atoms with Crippen LogP contribution in [0.5, 0.6) is 10.8 Å². The van der Waals surface area contributed by atoms with Crippen molar-refractivity contribution in [3.8, 4) is 10.8 Å². The minimum Gasteiger partial charge on any atom is -0.445 e. The van der Waals surface area contributed by atoms with Crippen LogP contribution in [0.3, 0.4) is 0 Å². The van der Waals surface area contributed by atoms with E-state index in [1.54, 1.807) is 13.3 Å². The van der Waals surface area contributed by atoms with E-state index in [0.29, 0.717) is 10.2 Å². The van der Waals surface area contributed by atoms with Gasteiger partial charge in [-0.3, -0.25) is 4.79 Å². The quantitative estimate of drug-likeness (QED) is 0.846. The lowest BCUT2D eigenvalue weighted by molar-refractivity contribution is -0.127. The molecule has 1 aliphatic rings. The first-order valence-electron chi connectivity index (χ1n) is 6.87. The predicted octanol–water partition coefficient (Wildman–Crippen LogP) is 4.06. The number of methoxy groups -OCH3 is 1. The van der Waals surface area contributed by atoms with Gasteiger partial charge in [-0.15, -0.1) is 0 Å². The van der Waals surface area contributed by atoms with Gasteiger partial charge in [-0.25, -0.2) is 4.98 Å². The summed E-state index contributed by atoms with van der Waals surface area (Å²) in [5.41, 5.74) is 0. The van der Waals surface area contributed by atoms with Crippen LogP contribution in [0.15, 0.2) is 34.9 Å². The molecule has 3 rings (SSSR count). The van der Waals surface area contributed by atoms with E-state index in [-0.39, 0.29) is 17.9 Å². The summed E-state index contributed by atoms with van der Waals surface area (Å²) in [6.45, 7) is 0. The zero-order valence-electron chi connectivity index (χ0n) is 11.9. The first kappa shape index (κ1) is 15.5. The van der Waals surface area contributed by atoms with Crippen LogP contribution in [0, 0.1) is 5.92 Å². The number of hydrogen-bond donors (Lipinski definition) is 1. The topological polar surface area (TPSA) is 60.5 Å². The van der Waals surface area contributed by atoms with Crippen LogP contribution in [0.4, 0.5) is 5.13 Å². The predicted molar refractivity (Wildman–Crippen MR) is 88.5 cm³/mol. The molecule has 0 aliphatic heterocycles. The third-order valence-electron chi connectivity index (χ3n) is 3.55. The van der Waals surface area contributed by atoms with Crippen LogP contribution in [-0.2, 0) is 9.53 Å². The highest BCUT2D eigenvalue weighted by Crippen LogP contribution is 2.33. The van der Waals surface area contributed by atoms with Crippen LogP contribution < -0.4 is 10.1 Å². The number of nitrogens with one attached hydrogen (secondary N) is 1. The highest BCUT2D eigenvalue weighted by molar-refractivity contribution is 9.10. The molecule has 1 aromatic carbocycles. The minimum atomic E-state index is -0.00200. The van der Waals surface area contributed by atoms with Gasteiger partial charge in [0.1, 0.15) is 5.75 Å². The van der Waals surface area contributed by atoms with Crippen molar-refractivity contribution >= 4 is 38.3 Å². The van der Waals surface area contributed by atoms with Crippen LogP contribution in [0.25, 0.3) is 0 Å². The number of rotatable bonds is 5. The van der Waals surface area contributed by atoms with Crippen molar-refractivity contribution in [1.29, 1.82) is 0 Å². The number of thiazole rings is 1. The minimum absolute atomic E-state index is 0.00200. The Hall–Kier alpha value is -1.44. The van der Waals surface area contributed by atoms with Crippen molar-refractivity contribution in [2.75, 3.05) is 12.4 Å². The second-order valence-electron chi connectivity index (χ2n) is 5.06. The van der Waals surface area contributed by atoms with Crippen molar-refractivity contribution in [3.63, 3.8) is 0 Å². The molecule has 5 nitrogen and oxygen atoms in total. The Labute approximate surface area is 140 Å². The summed E-state index contributed by atoms with van der Waals surface area (Å²) in [7, 11) is 1.67. The summed E-state index contributed by atoms with van der Waals surface area (Å²) in [4.78, 5) is 16.2. The highest BCUT2D eigenvalue weighted by atomic mass is 79.9. The molecule has 1 aliphatic carbocycles. The Morgan fingerprint density at radius 2 is 2.09 bits per heavy atom. The summed E-state index contributed by atoms with van der Waals surface area (Å²) < 4.78 is 11.9. The molecule has 2 aromatic rings. The summed E-state index contributed by atoms with van der Waals surface area (Å²) in [6, 6.07) is 7.53. The fourth-order valence-electron chi connectivity index (χ4n) is 2.16. The number of aromatic nitrogens is 1. The van der Waals surface area contributed by atoms with E-state index in [1.807, 2.05) is 24.3 Å². The lowest BCUT2D eigenvalue weighted by Gasteiger charge is -2.32. The van der Waals surface area contributed by atoms with E-state index in [4.69, 9.17) is 9.47 Å². The van der Waals surface area contributed by atoms with Gasteiger partial charge in [0.25, 0.3) is 0 Å². The SMILES string of the molecule is COC1CC(C(=O)Nc2ncc(Oc3ccc(Br)cc3)s2)C1. The third-order valence-corrected chi connectivity index (χ3v) is 4.87. The monoisotopic (exact) mass is 382 g/mol. The van der Waals surface area contributed by atoms with Crippen molar-refractivity contribution < 1.29 is 14.3 Å². The molecule has 116 valence electrons. The number of anilines is 1. The second kappa shape index (κ2) is 6.76. The number of hydrogen-bond acceptors (Lipinski definition) is 5. The summed E-state index contributed by atoms with van der Waals surface area (Å²) in [5, 5.41) is 4.02. The van der Waals surface area contributed by atoms with Gasteiger partial charge in [0, 0.05) is 17.5 Å². The van der Waals surface area contributed by atoms with E-state index in [2.05, 4.69) is 26.2 Å². The van der Waals surface area contributed by atoms with Gasteiger partial charge >= 0.3 is 0 Å². The maximum Gasteiger partial charge on any atom is 0.229 e. The molecule has 1 heterocycles. The zero-order chi connectivity index (χ0) is 15.5. The van der Waals surface area contributed by atoms with Gasteiger partial charge in [0.2, 0.25) is 11.0 Å². The Bertz CT molecular complexity index is 653. The molecule has 0 unspecified atom stereocenters. The molecular weight excluding hydrogens is 368 g/mol. The molecule has 0 bridgehead atoms. The van der Waals surface area contributed by atoms with E-state index in [1.165, 1.54) is 11.3 Å². The number of halogens is 1. The van der Waals surface area contributed by atoms with Crippen LogP contribution in [-0.4, -0.2) is 24.1 Å². The van der Waals surface area contributed by atoms with E-state index < -0.39 is 0 Å². The summed E-state index contributed by atoms with van der Waals surface area (Å²) in [6.07, 6.45) is 3.37. The van der Waals surface area contributed by atoms with Gasteiger partial charge in [-0.2, -0.15) is 0 Å². The fourth-order valence-corrected chi connectivity index (χ4v) is 3.12. The first-order chi connectivity index (χ1) is 10.6. The van der Waals surface area contributed by atoms with Crippen LogP contribution >= 0.6 is 27.3 Å². The van der Waals surface area contributed by atoms with Crippen LogP contribution in [0.1, 0.15) is 12.8 Å². The van der Waals surface area contributed by atoms with Gasteiger partial charge in [0.05, 0.1) is 12.3 Å².